The fourth-order valence-electron chi connectivity index (χ4n) is 4.91. The van der Waals surface area contributed by atoms with Gasteiger partial charge >= 0.3 is 19.8 Å². The first kappa shape index (κ1) is 48.7. The molecule has 2 atom stereocenters. The maximum Gasteiger partial charge on any atom is 0.472 e. The van der Waals surface area contributed by atoms with Gasteiger partial charge in [0.25, 0.3) is 0 Å². The monoisotopic (exact) mass is 737 g/mol. The summed E-state index contributed by atoms with van der Waals surface area (Å²) in [6.07, 6.45) is 42.6. The van der Waals surface area contributed by atoms with Crippen molar-refractivity contribution >= 4 is 19.8 Å². The Balaban J connectivity index is 4.35. The molecular weight excluding hydrogens is 665 g/mol. The Morgan fingerprint density at radius 1 is 0.588 bits per heavy atom. The minimum absolute atomic E-state index is 0.0405. The number of phosphoric ester groups is 1. The van der Waals surface area contributed by atoms with Crippen molar-refractivity contribution in [1.82, 2.24) is 0 Å². The molecule has 1 unspecified atom stereocenters. The van der Waals surface area contributed by atoms with E-state index in [-0.39, 0.29) is 32.6 Å². The number of nitrogens with two attached hydrogens (primary N) is 1. The number of hydrogen-bond acceptors (Lipinski definition) is 8. The van der Waals surface area contributed by atoms with E-state index in [9.17, 15) is 19.0 Å². The van der Waals surface area contributed by atoms with Gasteiger partial charge in [0.05, 0.1) is 13.2 Å². The zero-order chi connectivity index (χ0) is 37.5. The van der Waals surface area contributed by atoms with Gasteiger partial charge in [0.1, 0.15) is 6.61 Å². The van der Waals surface area contributed by atoms with Crippen LogP contribution in [-0.2, 0) is 32.7 Å². The van der Waals surface area contributed by atoms with Crippen molar-refractivity contribution in [2.75, 3.05) is 26.4 Å². The summed E-state index contributed by atoms with van der Waals surface area (Å²) < 4.78 is 32.6. The van der Waals surface area contributed by atoms with Gasteiger partial charge < -0.3 is 20.1 Å². The van der Waals surface area contributed by atoms with Gasteiger partial charge in [-0.3, -0.25) is 18.6 Å². The molecule has 0 saturated heterocycles. The van der Waals surface area contributed by atoms with Crippen molar-refractivity contribution in [2.45, 2.75) is 161 Å². The van der Waals surface area contributed by atoms with E-state index in [1.807, 2.05) is 6.08 Å². The van der Waals surface area contributed by atoms with E-state index in [1.54, 1.807) is 0 Å². The zero-order valence-corrected chi connectivity index (χ0v) is 33.0. The first-order chi connectivity index (χ1) is 24.8. The van der Waals surface area contributed by atoms with E-state index in [0.29, 0.717) is 19.3 Å². The van der Waals surface area contributed by atoms with Crippen molar-refractivity contribution in [3.05, 3.63) is 60.8 Å². The van der Waals surface area contributed by atoms with Crippen LogP contribution in [-0.4, -0.2) is 49.3 Å². The molecular formula is C41H72NO8P. The Morgan fingerprint density at radius 3 is 1.63 bits per heavy atom. The Morgan fingerprint density at radius 2 is 1.04 bits per heavy atom. The number of hydrogen-bond donors (Lipinski definition) is 2. The maximum atomic E-state index is 12.5. The summed E-state index contributed by atoms with van der Waals surface area (Å²) in [5, 5.41) is 0. The van der Waals surface area contributed by atoms with Gasteiger partial charge in [-0.1, -0.05) is 126 Å². The number of ether oxygens (including phenoxy) is 2. The second-order valence-corrected chi connectivity index (χ2v) is 14.2. The highest BCUT2D eigenvalue weighted by Gasteiger charge is 2.25. The molecule has 294 valence electrons. The molecule has 0 heterocycles. The molecule has 0 fully saturated rings. The van der Waals surface area contributed by atoms with Crippen LogP contribution in [0.1, 0.15) is 155 Å². The molecule has 0 spiro atoms. The van der Waals surface area contributed by atoms with E-state index in [2.05, 4.69) is 68.5 Å². The Labute approximate surface area is 310 Å². The van der Waals surface area contributed by atoms with Crippen LogP contribution in [0.4, 0.5) is 0 Å². The van der Waals surface area contributed by atoms with Crippen LogP contribution in [0.2, 0.25) is 0 Å². The predicted molar refractivity (Wildman–Crippen MR) is 210 cm³/mol. The number of allylic oxidation sites excluding steroid dienone is 10. The molecule has 0 amide bonds. The Hall–Kier alpha value is -2.29. The summed E-state index contributed by atoms with van der Waals surface area (Å²) in [4.78, 5) is 34.7. The zero-order valence-electron chi connectivity index (χ0n) is 32.1. The minimum atomic E-state index is -4.39. The molecule has 0 rings (SSSR count). The average Bonchev–Trinajstić information content (AvgIpc) is 3.11. The van der Waals surface area contributed by atoms with E-state index in [0.717, 1.165) is 44.9 Å². The van der Waals surface area contributed by atoms with E-state index < -0.39 is 32.5 Å². The number of phosphoric acid groups is 1. The molecule has 0 aromatic carbocycles. The van der Waals surface area contributed by atoms with Crippen LogP contribution in [0, 0.1) is 0 Å². The molecule has 0 bridgehead atoms. The molecule has 0 aromatic heterocycles. The lowest BCUT2D eigenvalue weighted by Crippen LogP contribution is -2.29. The summed E-state index contributed by atoms with van der Waals surface area (Å²) in [7, 11) is -4.39. The van der Waals surface area contributed by atoms with E-state index >= 15 is 0 Å². The average molecular weight is 738 g/mol. The fourth-order valence-corrected chi connectivity index (χ4v) is 5.68. The molecule has 0 aliphatic heterocycles. The fraction of sp³-hybridized carbons (Fsp3) is 0.707. The van der Waals surface area contributed by atoms with Gasteiger partial charge in [-0.15, -0.1) is 0 Å². The Bertz CT molecular complexity index is 1020. The first-order valence-corrected chi connectivity index (χ1v) is 21.3. The molecule has 9 nitrogen and oxygen atoms in total. The van der Waals surface area contributed by atoms with Gasteiger partial charge in [0, 0.05) is 19.4 Å². The third-order valence-electron chi connectivity index (χ3n) is 7.88. The summed E-state index contributed by atoms with van der Waals surface area (Å²) in [6.45, 7) is 3.59. The Kier molecular flexibility index (Phi) is 35.8. The summed E-state index contributed by atoms with van der Waals surface area (Å²) in [5.41, 5.74) is 5.33. The maximum absolute atomic E-state index is 12.5. The van der Waals surface area contributed by atoms with Gasteiger partial charge in [0.15, 0.2) is 6.10 Å². The molecule has 0 aliphatic carbocycles. The quantitative estimate of drug-likeness (QED) is 0.0279. The van der Waals surface area contributed by atoms with Crippen LogP contribution in [0.15, 0.2) is 60.8 Å². The van der Waals surface area contributed by atoms with Crippen LogP contribution in [0.5, 0.6) is 0 Å². The van der Waals surface area contributed by atoms with Crippen molar-refractivity contribution in [3.8, 4) is 0 Å². The third kappa shape index (κ3) is 37.3. The van der Waals surface area contributed by atoms with Crippen molar-refractivity contribution in [2.24, 2.45) is 5.73 Å². The summed E-state index contributed by atoms with van der Waals surface area (Å²) in [5.74, 6) is -0.919. The molecule has 10 heteroatoms. The van der Waals surface area contributed by atoms with E-state index in [1.165, 1.54) is 64.2 Å². The molecule has 0 radical (unpaired) electrons. The highest BCUT2D eigenvalue weighted by molar-refractivity contribution is 7.47. The first-order valence-electron chi connectivity index (χ1n) is 19.8. The lowest BCUT2D eigenvalue weighted by atomic mass is 10.1. The number of unbranched alkanes of at least 4 members (excludes halogenated alkanes) is 13. The van der Waals surface area contributed by atoms with Crippen LogP contribution >= 0.6 is 7.82 Å². The second-order valence-electron chi connectivity index (χ2n) is 12.8. The molecule has 0 aromatic rings. The standard InChI is InChI=1S/C41H72NO8P/c1-3-5-7-9-11-13-15-17-18-19-20-22-24-26-28-30-32-34-41(44)50-39(38-49-51(45,46)48-36-35-42)37-47-40(43)33-31-29-27-25-23-21-16-14-12-10-8-6-4-2/h11,13,17-18,20-23,26,28,39H,3-10,12,14-16,19,24-25,27,29-38,42H2,1-2H3,(H,45,46)/b13-11+,18-17+,22-20+,23-21+,28-26+/t39-/m1/s1. The topological polar surface area (TPSA) is 134 Å². The second kappa shape index (κ2) is 37.5. The predicted octanol–water partition coefficient (Wildman–Crippen LogP) is 10.9. The summed E-state index contributed by atoms with van der Waals surface area (Å²) in [6, 6.07) is 0. The third-order valence-corrected chi connectivity index (χ3v) is 8.86. The smallest absolute Gasteiger partial charge is 0.462 e. The summed E-state index contributed by atoms with van der Waals surface area (Å²) >= 11 is 0. The number of carbonyl (C=O) groups excluding carboxylic acids is 2. The highest BCUT2D eigenvalue weighted by Crippen LogP contribution is 2.43. The number of esters is 2. The highest BCUT2D eigenvalue weighted by atomic mass is 31.2. The van der Waals surface area contributed by atoms with Crippen LogP contribution in [0.3, 0.4) is 0 Å². The normalized spacial score (nSPS) is 14.0. The molecule has 51 heavy (non-hydrogen) atoms. The lowest BCUT2D eigenvalue weighted by molar-refractivity contribution is -0.161. The van der Waals surface area contributed by atoms with Crippen molar-refractivity contribution in [1.29, 1.82) is 0 Å². The molecule has 0 aliphatic rings. The largest absolute Gasteiger partial charge is 0.472 e. The van der Waals surface area contributed by atoms with Crippen LogP contribution in [0.25, 0.3) is 0 Å². The van der Waals surface area contributed by atoms with Gasteiger partial charge in [0.2, 0.25) is 0 Å². The number of carbonyl (C=O) groups is 2. The van der Waals surface area contributed by atoms with Gasteiger partial charge in [-0.05, 0) is 77.0 Å². The van der Waals surface area contributed by atoms with Crippen LogP contribution < -0.4 is 5.73 Å². The van der Waals surface area contributed by atoms with Gasteiger partial charge in [-0.25, -0.2) is 4.57 Å². The van der Waals surface area contributed by atoms with Crippen molar-refractivity contribution < 1.29 is 37.6 Å². The molecule has 0 saturated carbocycles. The minimum Gasteiger partial charge on any atom is -0.462 e. The van der Waals surface area contributed by atoms with Gasteiger partial charge in [-0.2, -0.15) is 0 Å². The molecule has 3 N–H and O–H groups in total. The number of rotatable bonds is 36. The van der Waals surface area contributed by atoms with E-state index in [4.69, 9.17) is 24.3 Å². The SMILES string of the molecule is CCCCC/C=C/C/C=C/C/C=C/C/C=C/CCCC(=O)O[C@H](COC(=O)CCCCC/C=C/CCCCCCCC)COP(=O)(O)OCCN. The lowest BCUT2D eigenvalue weighted by Gasteiger charge is -2.19. The van der Waals surface area contributed by atoms with Crippen molar-refractivity contribution in [3.63, 3.8) is 0 Å².